The topological polar surface area (TPSA) is 51.8 Å². The van der Waals surface area contributed by atoms with E-state index in [0.29, 0.717) is 5.89 Å². The largest absolute Gasteiger partial charge is 0.338 e. The Balaban J connectivity index is 1.78. The summed E-state index contributed by atoms with van der Waals surface area (Å²) < 4.78 is 7.56. The molecule has 1 aromatic carbocycles. The van der Waals surface area contributed by atoms with Gasteiger partial charge in [-0.1, -0.05) is 42.9 Å². The minimum absolute atomic E-state index is 0.107. The lowest BCUT2D eigenvalue weighted by Gasteiger charge is -2.02. The number of benzene rings is 1. The lowest BCUT2D eigenvalue weighted by Crippen LogP contribution is -1.92. The second-order valence-corrected chi connectivity index (χ2v) is 7.47. The first-order chi connectivity index (χ1) is 9.63. The molecular formula is C14H15N3OS2. The predicted octanol–water partition coefficient (Wildman–Crippen LogP) is 4.66. The average molecular weight is 305 g/mol. The molecule has 6 heteroatoms. The van der Waals surface area contributed by atoms with Gasteiger partial charge in [0.1, 0.15) is 0 Å². The summed E-state index contributed by atoms with van der Waals surface area (Å²) in [5, 5.41) is 4.11. The van der Waals surface area contributed by atoms with E-state index in [1.807, 2.05) is 18.2 Å². The van der Waals surface area contributed by atoms with Gasteiger partial charge in [0.05, 0.1) is 15.5 Å². The van der Waals surface area contributed by atoms with Crippen molar-refractivity contribution >= 4 is 33.3 Å². The number of hydrogen-bond donors (Lipinski definition) is 0. The number of thiazole rings is 1. The Bertz CT molecular complexity index is 687. The highest BCUT2D eigenvalue weighted by atomic mass is 32.2. The molecule has 3 rings (SSSR count). The SMILES string of the molecule is CC(C)c1noc(C(C)Sc2nc3ccccc3s2)n1. The highest BCUT2D eigenvalue weighted by Crippen LogP contribution is 2.38. The zero-order valence-corrected chi connectivity index (χ0v) is 13.2. The van der Waals surface area contributed by atoms with Crippen LogP contribution in [0.3, 0.4) is 0 Å². The van der Waals surface area contributed by atoms with Crippen LogP contribution in [0.15, 0.2) is 33.1 Å². The number of nitrogens with zero attached hydrogens (tertiary/aromatic N) is 3. The molecule has 0 N–H and O–H groups in total. The second-order valence-electron chi connectivity index (χ2n) is 4.85. The molecule has 0 fully saturated rings. The molecule has 0 aliphatic rings. The molecule has 1 unspecified atom stereocenters. The van der Waals surface area contributed by atoms with Gasteiger partial charge in [-0.15, -0.1) is 11.3 Å². The predicted molar refractivity (Wildman–Crippen MR) is 82.3 cm³/mol. The van der Waals surface area contributed by atoms with Gasteiger partial charge >= 0.3 is 0 Å². The van der Waals surface area contributed by atoms with Gasteiger partial charge in [-0.05, 0) is 19.1 Å². The van der Waals surface area contributed by atoms with Crippen LogP contribution >= 0.6 is 23.1 Å². The number of aromatic nitrogens is 3. The van der Waals surface area contributed by atoms with Gasteiger partial charge in [0, 0.05) is 5.92 Å². The number of fused-ring (bicyclic) bond motifs is 1. The summed E-state index contributed by atoms with van der Waals surface area (Å²) in [6, 6.07) is 8.16. The Morgan fingerprint density at radius 1 is 1.15 bits per heavy atom. The number of rotatable bonds is 4. The van der Waals surface area contributed by atoms with Crippen molar-refractivity contribution in [3.8, 4) is 0 Å². The Morgan fingerprint density at radius 3 is 2.65 bits per heavy atom. The Hall–Kier alpha value is -1.40. The fourth-order valence-corrected chi connectivity index (χ4v) is 3.99. The average Bonchev–Trinajstić information content (AvgIpc) is 3.04. The molecule has 0 bridgehead atoms. The van der Waals surface area contributed by atoms with Crippen LogP contribution in [0.1, 0.15) is 43.7 Å². The van der Waals surface area contributed by atoms with E-state index in [1.54, 1.807) is 23.1 Å². The van der Waals surface area contributed by atoms with Crippen LogP contribution in [0, 0.1) is 0 Å². The fourth-order valence-electron chi connectivity index (χ4n) is 1.75. The van der Waals surface area contributed by atoms with Crippen molar-refractivity contribution in [1.82, 2.24) is 15.1 Å². The summed E-state index contributed by atoms with van der Waals surface area (Å²) >= 11 is 3.35. The standard InChI is InChI=1S/C14H15N3OS2/c1-8(2)12-16-13(18-17-12)9(3)19-14-15-10-6-4-5-7-11(10)20-14/h4-9H,1-3H3. The maximum atomic E-state index is 5.33. The first-order valence-corrected chi connectivity index (χ1v) is 8.19. The van der Waals surface area contributed by atoms with Gasteiger partial charge in [0.25, 0.3) is 0 Å². The summed E-state index contributed by atoms with van der Waals surface area (Å²) in [6.45, 7) is 6.17. The molecule has 3 aromatic rings. The normalized spacial score (nSPS) is 13.2. The van der Waals surface area contributed by atoms with Crippen LogP contribution in [0.25, 0.3) is 10.2 Å². The van der Waals surface area contributed by atoms with Crippen LogP contribution < -0.4 is 0 Å². The smallest absolute Gasteiger partial charge is 0.239 e. The summed E-state index contributed by atoms with van der Waals surface area (Å²) in [5.74, 6) is 1.71. The van der Waals surface area contributed by atoms with Gasteiger partial charge in [-0.3, -0.25) is 0 Å². The molecule has 0 aliphatic carbocycles. The molecule has 0 radical (unpaired) electrons. The van der Waals surface area contributed by atoms with E-state index in [9.17, 15) is 0 Å². The number of thioether (sulfide) groups is 1. The van der Waals surface area contributed by atoms with Gasteiger partial charge in [0.2, 0.25) is 5.89 Å². The zero-order valence-electron chi connectivity index (χ0n) is 11.5. The maximum Gasteiger partial charge on any atom is 0.239 e. The van der Waals surface area contributed by atoms with Gasteiger partial charge in [-0.25, -0.2) is 4.98 Å². The molecule has 1 atom stereocenters. The lowest BCUT2D eigenvalue weighted by atomic mass is 10.2. The monoisotopic (exact) mass is 305 g/mol. The minimum atomic E-state index is 0.107. The van der Waals surface area contributed by atoms with E-state index in [-0.39, 0.29) is 11.2 Å². The Morgan fingerprint density at radius 2 is 1.95 bits per heavy atom. The maximum absolute atomic E-state index is 5.33. The summed E-state index contributed by atoms with van der Waals surface area (Å²) in [7, 11) is 0. The third-order valence-corrected chi connectivity index (χ3v) is 5.09. The first kappa shape index (κ1) is 13.6. The highest BCUT2D eigenvalue weighted by molar-refractivity contribution is 8.01. The zero-order chi connectivity index (χ0) is 14.1. The molecule has 0 amide bonds. The van der Waals surface area contributed by atoms with Crippen molar-refractivity contribution < 1.29 is 4.52 Å². The number of hydrogen-bond acceptors (Lipinski definition) is 6. The van der Waals surface area contributed by atoms with E-state index in [2.05, 4.69) is 42.0 Å². The van der Waals surface area contributed by atoms with Crippen molar-refractivity contribution in [1.29, 1.82) is 0 Å². The van der Waals surface area contributed by atoms with Crippen molar-refractivity contribution in [3.05, 3.63) is 36.0 Å². The van der Waals surface area contributed by atoms with Crippen LogP contribution in [-0.4, -0.2) is 15.1 Å². The van der Waals surface area contributed by atoms with Gasteiger partial charge in [0.15, 0.2) is 10.2 Å². The molecule has 0 aliphatic heterocycles. The molecule has 104 valence electrons. The molecule has 2 heterocycles. The van der Waals surface area contributed by atoms with Crippen molar-refractivity contribution in [2.45, 2.75) is 36.3 Å². The van der Waals surface area contributed by atoms with Crippen molar-refractivity contribution in [2.24, 2.45) is 0 Å². The molecule has 0 saturated carbocycles. The molecule has 0 saturated heterocycles. The Labute approximate surface area is 125 Å². The molecule has 4 nitrogen and oxygen atoms in total. The van der Waals surface area contributed by atoms with E-state index in [1.165, 1.54) is 4.70 Å². The summed E-state index contributed by atoms with van der Waals surface area (Å²) in [4.78, 5) is 9.05. The molecule has 2 aromatic heterocycles. The van der Waals surface area contributed by atoms with Crippen LogP contribution in [0.2, 0.25) is 0 Å². The van der Waals surface area contributed by atoms with E-state index < -0.39 is 0 Å². The lowest BCUT2D eigenvalue weighted by molar-refractivity contribution is 0.373. The van der Waals surface area contributed by atoms with Crippen LogP contribution in [0.5, 0.6) is 0 Å². The van der Waals surface area contributed by atoms with E-state index in [0.717, 1.165) is 15.7 Å². The van der Waals surface area contributed by atoms with E-state index >= 15 is 0 Å². The van der Waals surface area contributed by atoms with Crippen molar-refractivity contribution in [2.75, 3.05) is 0 Å². The van der Waals surface area contributed by atoms with Crippen molar-refractivity contribution in [3.63, 3.8) is 0 Å². The molecule has 0 spiro atoms. The second kappa shape index (κ2) is 5.54. The van der Waals surface area contributed by atoms with E-state index in [4.69, 9.17) is 4.52 Å². The third-order valence-electron chi connectivity index (χ3n) is 2.87. The first-order valence-electron chi connectivity index (χ1n) is 6.49. The van der Waals surface area contributed by atoms with Gasteiger partial charge in [-0.2, -0.15) is 4.98 Å². The fraction of sp³-hybridized carbons (Fsp3) is 0.357. The summed E-state index contributed by atoms with van der Waals surface area (Å²) in [5.41, 5.74) is 1.04. The molecule has 20 heavy (non-hydrogen) atoms. The van der Waals surface area contributed by atoms with Crippen LogP contribution in [0.4, 0.5) is 0 Å². The molecular weight excluding hydrogens is 290 g/mol. The highest BCUT2D eigenvalue weighted by Gasteiger charge is 2.18. The quantitative estimate of drug-likeness (QED) is 0.656. The third kappa shape index (κ3) is 2.71. The minimum Gasteiger partial charge on any atom is -0.338 e. The Kier molecular flexibility index (Phi) is 3.76. The summed E-state index contributed by atoms with van der Waals surface area (Å²) in [6.07, 6.45) is 0. The van der Waals surface area contributed by atoms with Gasteiger partial charge < -0.3 is 4.52 Å². The number of para-hydroxylation sites is 1. The van der Waals surface area contributed by atoms with Crippen LogP contribution in [-0.2, 0) is 0 Å².